The Kier molecular flexibility index (Phi) is 2.97. The predicted molar refractivity (Wildman–Crippen MR) is 34.1 cm³/mol. The van der Waals surface area contributed by atoms with Gasteiger partial charge in [-0.2, -0.15) is 0 Å². The first-order valence-corrected chi connectivity index (χ1v) is 3.39. The second-order valence-electron chi connectivity index (χ2n) is 2.18. The fourth-order valence-corrected chi connectivity index (χ4v) is 0.942. The third-order valence-corrected chi connectivity index (χ3v) is 1.42. The van der Waals surface area contributed by atoms with Crippen molar-refractivity contribution >= 4 is 0 Å². The lowest BCUT2D eigenvalue weighted by Gasteiger charge is -2.06. The van der Waals surface area contributed by atoms with Crippen LogP contribution in [0.1, 0.15) is 12.8 Å². The molecule has 1 heterocycles. The molecular weight excluding hydrogens is 118 g/mol. The molecule has 0 aliphatic carbocycles. The van der Waals surface area contributed by atoms with E-state index in [0.29, 0.717) is 0 Å². The molecule has 0 amide bonds. The van der Waals surface area contributed by atoms with Gasteiger partial charge in [0.2, 0.25) is 0 Å². The van der Waals surface area contributed by atoms with Crippen LogP contribution in [0.2, 0.25) is 0 Å². The molecule has 1 saturated heterocycles. The minimum atomic E-state index is 0.206. The smallest absolute Gasteiger partial charge is 0.108 e. The lowest BCUT2D eigenvalue weighted by molar-refractivity contribution is 0.0872. The van der Waals surface area contributed by atoms with Crippen molar-refractivity contribution < 1.29 is 9.84 Å². The molecule has 9 heavy (non-hydrogen) atoms. The SMILES string of the molecule is OCCCC1NCCO1. The summed E-state index contributed by atoms with van der Waals surface area (Å²) in [5.41, 5.74) is 0. The number of hydrogen-bond acceptors (Lipinski definition) is 3. The number of hydrogen-bond donors (Lipinski definition) is 2. The van der Waals surface area contributed by atoms with E-state index in [1.54, 1.807) is 0 Å². The van der Waals surface area contributed by atoms with Gasteiger partial charge >= 0.3 is 0 Å². The Labute approximate surface area is 55.0 Å². The predicted octanol–water partition coefficient (Wildman–Crippen LogP) is -0.295. The van der Waals surface area contributed by atoms with Gasteiger partial charge in [-0.25, -0.2) is 0 Å². The molecule has 1 unspecified atom stereocenters. The highest BCUT2D eigenvalue weighted by atomic mass is 16.5. The van der Waals surface area contributed by atoms with Crippen molar-refractivity contribution in [3.8, 4) is 0 Å². The van der Waals surface area contributed by atoms with E-state index in [1.807, 2.05) is 0 Å². The van der Waals surface area contributed by atoms with Gasteiger partial charge in [-0.05, 0) is 12.8 Å². The molecule has 1 aliphatic heterocycles. The zero-order valence-electron chi connectivity index (χ0n) is 5.47. The molecule has 3 heteroatoms. The van der Waals surface area contributed by atoms with Crippen LogP contribution in [0, 0.1) is 0 Å². The number of aliphatic hydroxyl groups is 1. The minimum absolute atomic E-state index is 0.206. The maximum absolute atomic E-state index is 8.44. The Bertz CT molecular complexity index is 71.5. The van der Waals surface area contributed by atoms with E-state index < -0.39 is 0 Å². The number of rotatable bonds is 3. The number of ether oxygens (including phenoxy) is 1. The molecule has 54 valence electrons. The summed E-state index contributed by atoms with van der Waals surface area (Å²) in [4.78, 5) is 0. The molecule has 2 N–H and O–H groups in total. The average molecular weight is 131 g/mol. The van der Waals surface area contributed by atoms with Crippen molar-refractivity contribution in [3.05, 3.63) is 0 Å². The van der Waals surface area contributed by atoms with Gasteiger partial charge in [0.25, 0.3) is 0 Å². The fraction of sp³-hybridized carbons (Fsp3) is 1.00. The average Bonchev–Trinajstić information content (AvgIpc) is 2.34. The first-order valence-electron chi connectivity index (χ1n) is 3.39. The Morgan fingerprint density at radius 2 is 2.56 bits per heavy atom. The molecule has 1 rings (SSSR count). The third-order valence-electron chi connectivity index (χ3n) is 1.42. The summed E-state index contributed by atoms with van der Waals surface area (Å²) in [5, 5.41) is 11.6. The van der Waals surface area contributed by atoms with Gasteiger partial charge in [0, 0.05) is 13.2 Å². The summed E-state index contributed by atoms with van der Waals surface area (Å²) in [6.45, 7) is 2.04. The van der Waals surface area contributed by atoms with E-state index in [9.17, 15) is 0 Å². The monoisotopic (exact) mass is 131 g/mol. The van der Waals surface area contributed by atoms with Crippen LogP contribution in [-0.2, 0) is 4.74 Å². The van der Waals surface area contributed by atoms with Gasteiger partial charge in [0.1, 0.15) is 6.23 Å². The van der Waals surface area contributed by atoms with E-state index >= 15 is 0 Å². The summed E-state index contributed by atoms with van der Waals surface area (Å²) in [5.74, 6) is 0. The fourth-order valence-electron chi connectivity index (χ4n) is 0.942. The van der Waals surface area contributed by atoms with Gasteiger partial charge in [0.15, 0.2) is 0 Å². The van der Waals surface area contributed by atoms with Crippen molar-refractivity contribution in [1.82, 2.24) is 5.32 Å². The largest absolute Gasteiger partial charge is 0.396 e. The highest BCUT2D eigenvalue weighted by molar-refractivity contribution is 4.61. The van der Waals surface area contributed by atoms with Crippen LogP contribution < -0.4 is 5.32 Å². The van der Waals surface area contributed by atoms with Crippen LogP contribution in [0.15, 0.2) is 0 Å². The van der Waals surface area contributed by atoms with Gasteiger partial charge in [-0.15, -0.1) is 0 Å². The minimum Gasteiger partial charge on any atom is -0.396 e. The third kappa shape index (κ3) is 2.30. The van der Waals surface area contributed by atoms with E-state index in [1.165, 1.54) is 0 Å². The van der Waals surface area contributed by atoms with Gasteiger partial charge in [0.05, 0.1) is 6.61 Å². The van der Waals surface area contributed by atoms with E-state index in [0.717, 1.165) is 26.0 Å². The maximum atomic E-state index is 8.44. The summed E-state index contributed by atoms with van der Waals surface area (Å²) < 4.78 is 5.23. The second kappa shape index (κ2) is 3.82. The highest BCUT2D eigenvalue weighted by Gasteiger charge is 2.12. The van der Waals surface area contributed by atoms with Crippen LogP contribution in [0.5, 0.6) is 0 Å². The lowest BCUT2D eigenvalue weighted by Crippen LogP contribution is -2.22. The molecule has 3 nitrogen and oxygen atoms in total. The van der Waals surface area contributed by atoms with E-state index in [4.69, 9.17) is 9.84 Å². The lowest BCUT2D eigenvalue weighted by atomic mass is 10.3. The molecule has 1 atom stereocenters. The Hall–Kier alpha value is -0.120. The molecule has 0 bridgehead atoms. The van der Waals surface area contributed by atoms with Crippen LogP contribution in [0.3, 0.4) is 0 Å². The quantitative estimate of drug-likeness (QED) is 0.552. The second-order valence-corrected chi connectivity index (χ2v) is 2.18. The zero-order chi connectivity index (χ0) is 6.53. The van der Waals surface area contributed by atoms with Crippen LogP contribution in [0.4, 0.5) is 0 Å². The Morgan fingerprint density at radius 3 is 3.11 bits per heavy atom. The normalized spacial score (nSPS) is 27.0. The molecule has 1 aliphatic rings. The summed E-state index contributed by atoms with van der Waals surface area (Å²) in [7, 11) is 0. The van der Waals surface area contributed by atoms with Crippen molar-refractivity contribution in [2.75, 3.05) is 19.8 Å². The van der Waals surface area contributed by atoms with Gasteiger partial charge in [-0.3, -0.25) is 5.32 Å². The van der Waals surface area contributed by atoms with Crippen LogP contribution in [-0.4, -0.2) is 31.1 Å². The zero-order valence-corrected chi connectivity index (χ0v) is 5.47. The van der Waals surface area contributed by atoms with Gasteiger partial charge in [-0.1, -0.05) is 0 Å². The van der Waals surface area contributed by atoms with Gasteiger partial charge < -0.3 is 9.84 Å². The van der Waals surface area contributed by atoms with Crippen molar-refractivity contribution in [2.24, 2.45) is 0 Å². The molecule has 0 saturated carbocycles. The topological polar surface area (TPSA) is 41.5 Å². The maximum Gasteiger partial charge on any atom is 0.108 e. The molecule has 0 spiro atoms. The Balaban J connectivity index is 1.98. The standard InChI is InChI=1S/C6H13NO2/c8-4-1-2-6-7-3-5-9-6/h6-8H,1-5H2. The van der Waals surface area contributed by atoms with Crippen LogP contribution >= 0.6 is 0 Å². The highest BCUT2D eigenvalue weighted by Crippen LogP contribution is 2.02. The molecule has 0 radical (unpaired) electrons. The number of nitrogens with one attached hydrogen (secondary N) is 1. The summed E-state index contributed by atoms with van der Waals surface area (Å²) in [6, 6.07) is 0. The first-order chi connectivity index (χ1) is 4.43. The summed E-state index contributed by atoms with van der Waals surface area (Å²) >= 11 is 0. The molecule has 1 fully saturated rings. The molecule has 0 aromatic carbocycles. The molecule has 0 aromatic rings. The van der Waals surface area contributed by atoms with Crippen molar-refractivity contribution in [1.29, 1.82) is 0 Å². The van der Waals surface area contributed by atoms with Crippen molar-refractivity contribution in [2.45, 2.75) is 19.1 Å². The summed E-state index contributed by atoms with van der Waals surface area (Å²) in [6.07, 6.45) is 1.96. The van der Waals surface area contributed by atoms with E-state index in [2.05, 4.69) is 5.32 Å². The van der Waals surface area contributed by atoms with Crippen LogP contribution in [0.25, 0.3) is 0 Å². The molecule has 0 aromatic heterocycles. The Morgan fingerprint density at radius 1 is 1.67 bits per heavy atom. The molecular formula is C6H13NO2. The first kappa shape index (κ1) is 6.99. The van der Waals surface area contributed by atoms with E-state index in [-0.39, 0.29) is 12.8 Å². The number of aliphatic hydroxyl groups excluding tert-OH is 1. The van der Waals surface area contributed by atoms with Crippen molar-refractivity contribution in [3.63, 3.8) is 0 Å².